The molecule has 5 nitrogen and oxygen atoms in total. The van der Waals surface area contributed by atoms with Crippen LogP contribution in [0, 0.1) is 5.92 Å². The highest BCUT2D eigenvalue weighted by Gasteiger charge is 2.29. The lowest BCUT2D eigenvalue weighted by Crippen LogP contribution is -2.24. The molecule has 1 fully saturated rings. The molecular formula is C17H16N4O. The molecule has 110 valence electrons. The third-order valence-electron chi connectivity index (χ3n) is 3.92. The minimum absolute atomic E-state index is 0.157. The van der Waals surface area contributed by atoms with Gasteiger partial charge in [-0.1, -0.05) is 18.2 Å². The number of pyridine rings is 1. The van der Waals surface area contributed by atoms with Crippen LogP contribution < -0.4 is 5.32 Å². The lowest BCUT2D eigenvalue weighted by atomic mass is 10.2. The van der Waals surface area contributed by atoms with Gasteiger partial charge < -0.3 is 5.32 Å². The molecule has 1 aliphatic carbocycles. The molecule has 2 heterocycles. The maximum atomic E-state index is 11.6. The average Bonchev–Trinajstić information content (AvgIpc) is 3.33. The first-order valence-electron chi connectivity index (χ1n) is 7.46. The number of para-hydroxylation sites is 2. The van der Waals surface area contributed by atoms with Crippen molar-refractivity contribution in [2.45, 2.75) is 19.4 Å². The molecule has 4 rings (SSSR count). The molecular weight excluding hydrogens is 276 g/mol. The van der Waals surface area contributed by atoms with E-state index in [9.17, 15) is 4.79 Å². The molecule has 1 aromatic carbocycles. The van der Waals surface area contributed by atoms with Crippen molar-refractivity contribution in [2.24, 2.45) is 5.92 Å². The van der Waals surface area contributed by atoms with Gasteiger partial charge >= 0.3 is 0 Å². The van der Waals surface area contributed by atoms with E-state index in [2.05, 4.69) is 15.3 Å². The van der Waals surface area contributed by atoms with Crippen LogP contribution in [0.1, 0.15) is 18.4 Å². The van der Waals surface area contributed by atoms with Gasteiger partial charge in [0.25, 0.3) is 0 Å². The van der Waals surface area contributed by atoms with Gasteiger partial charge in [0.05, 0.1) is 11.0 Å². The fraction of sp³-hybridized carbons (Fsp3) is 0.235. The summed E-state index contributed by atoms with van der Waals surface area (Å²) in [7, 11) is 0. The Bertz CT molecular complexity index is 818. The summed E-state index contributed by atoms with van der Waals surface area (Å²) in [5, 5.41) is 2.95. The zero-order chi connectivity index (χ0) is 14.9. The zero-order valence-electron chi connectivity index (χ0n) is 12.1. The Morgan fingerprint density at radius 1 is 1.18 bits per heavy atom. The largest absolute Gasteiger partial charge is 0.352 e. The average molecular weight is 292 g/mol. The second-order valence-corrected chi connectivity index (χ2v) is 5.62. The number of hydrogen-bond acceptors (Lipinski definition) is 3. The summed E-state index contributed by atoms with van der Waals surface area (Å²) in [6, 6.07) is 11.9. The lowest BCUT2D eigenvalue weighted by molar-refractivity contribution is -0.122. The standard InChI is InChI=1S/C17H16N4O/c22-17(13-6-7-13)19-10-12-5-8-16(18-9-12)21-11-20-14-3-1-2-4-15(14)21/h1-5,8-9,11,13H,6-7,10H2,(H,19,22). The normalized spacial score (nSPS) is 14.2. The van der Waals surface area contributed by atoms with Crippen molar-refractivity contribution < 1.29 is 4.79 Å². The summed E-state index contributed by atoms with van der Waals surface area (Å²) >= 11 is 0. The highest BCUT2D eigenvalue weighted by molar-refractivity contribution is 5.80. The Kier molecular flexibility index (Phi) is 3.11. The van der Waals surface area contributed by atoms with E-state index >= 15 is 0 Å². The molecule has 0 radical (unpaired) electrons. The number of imidazole rings is 1. The van der Waals surface area contributed by atoms with Crippen molar-refractivity contribution in [3.8, 4) is 5.82 Å². The van der Waals surface area contributed by atoms with E-state index in [1.165, 1.54) is 0 Å². The van der Waals surface area contributed by atoms with Gasteiger partial charge in [0, 0.05) is 18.7 Å². The van der Waals surface area contributed by atoms with Crippen LogP contribution in [-0.2, 0) is 11.3 Å². The molecule has 5 heteroatoms. The second-order valence-electron chi connectivity index (χ2n) is 5.62. The minimum Gasteiger partial charge on any atom is -0.352 e. The number of carbonyl (C=O) groups excluding carboxylic acids is 1. The van der Waals surface area contributed by atoms with Gasteiger partial charge in [0.2, 0.25) is 5.91 Å². The number of nitrogens with zero attached hydrogens (tertiary/aromatic N) is 3. The van der Waals surface area contributed by atoms with E-state index in [0.29, 0.717) is 6.54 Å². The Balaban J connectivity index is 1.52. The van der Waals surface area contributed by atoms with Gasteiger partial charge in [-0.2, -0.15) is 0 Å². The Morgan fingerprint density at radius 2 is 2.05 bits per heavy atom. The Hall–Kier alpha value is -2.69. The Labute approximate surface area is 128 Å². The molecule has 0 bridgehead atoms. The highest BCUT2D eigenvalue weighted by Crippen LogP contribution is 2.28. The smallest absolute Gasteiger partial charge is 0.223 e. The molecule has 0 unspecified atom stereocenters. The molecule has 1 N–H and O–H groups in total. The van der Waals surface area contributed by atoms with Crippen molar-refractivity contribution in [1.29, 1.82) is 0 Å². The fourth-order valence-electron chi connectivity index (χ4n) is 2.48. The van der Waals surface area contributed by atoms with Gasteiger partial charge in [0.1, 0.15) is 12.1 Å². The Morgan fingerprint density at radius 3 is 2.82 bits per heavy atom. The summed E-state index contributed by atoms with van der Waals surface area (Å²) in [6.07, 6.45) is 5.63. The van der Waals surface area contributed by atoms with Crippen molar-refractivity contribution in [2.75, 3.05) is 0 Å². The number of hydrogen-bond donors (Lipinski definition) is 1. The number of aromatic nitrogens is 3. The van der Waals surface area contributed by atoms with Gasteiger partial charge in [-0.15, -0.1) is 0 Å². The molecule has 1 amide bonds. The van der Waals surface area contributed by atoms with E-state index in [0.717, 1.165) is 35.3 Å². The second kappa shape index (κ2) is 5.26. The molecule has 22 heavy (non-hydrogen) atoms. The van der Waals surface area contributed by atoms with Crippen molar-refractivity contribution in [3.05, 3.63) is 54.5 Å². The third-order valence-corrected chi connectivity index (χ3v) is 3.92. The van der Waals surface area contributed by atoms with Crippen LogP contribution >= 0.6 is 0 Å². The van der Waals surface area contributed by atoms with Crippen LogP contribution in [0.25, 0.3) is 16.9 Å². The third kappa shape index (κ3) is 2.45. The van der Waals surface area contributed by atoms with Gasteiger partial charge in [0.15, 0.2) is 0 Å². The first-order valence-corrected chi connectivity index (χ1v) is 7.46. The number of rotatable bonds is 4. The minimum atomic E-state index is 0.157. The topological polar surface area (TPSA) is 59.8 Å². The van der Waals surface area contributed by atoms with Gasteiger partial charge in [-0.05, 0) is 36.6 Å². The van der Waals surface area contributed by atoms with E-state index in [4.69, 9.17) is 0 Å². The monoisotopic (exact) mass is 292 g/mol. The summed E-state index contributed by atoms with van der Waals surface area (Å²) in [6.45, 7) is 0.535. The number of amides is 1. The molecule has 0 spiro atoms. The molecule has 0 atom stereocenters. The van der Waals surface area contributed by atoms with Crippen LogP contribution in [0.5, 0.6) is 0 Å². The number of carbonyl (C=O) groups is 1. The SMILES string of the molecule is O=C(NCc1ccc(-n2cnc3ccccc32)nc1)C1CC1. The summed E-state index contributed by atoms with van der Waals surface area (Å²) in [5.41, 5.74) is 2.98. The van der Waals surface area contributed by atoms with Crippen LogP contribution in [0.15, 0.2) is 48.9 Å². The van der Waals surface area contributed by atoms with Gasteiger partial charge in [-0.25, -0.2) is 9.97 Å². The van der Waals surface area contributed by atoms with Crippen LogP contribution in [0.3, 0.4) is 0 Å². The predicted octanol–water partition coefficient (Wildman–Crippen LogP) is 2.45. The van der Waals surface area contributed by atoms with Crippen LogP contribution in [0.2, 0.25) is 0 Å². The van der Waals surface area contributed by atoms with Crippen LogP contribution in [-0.4, -0.2) is 20.4 Å². The molecule has 1 saturated carbocycles. The molecule has 2 aromatic heterocycles. The number of benzene rings is 1. The van der Waals surface area contributed by atoms with Crippen molar-refractivity contribution in [3.63, 3.8) is 0 Å². The summed E-state index contributed by atoms with van der Waals surface area (Å²) in [5.74, 6) is 1.22. The predicted molar refractivity (Wildman–Crippen MR) is 83.4 cm³/mol. The zero-order valence-corrected chi connectivity index (χ0v) is 12.1. The quantitative estimate of drug-likeness (QED) is 0.803. The molecule has 3 aromatic rings. The van der Waals surface area contributed by atoms with Crippen molar-refractivity contribution >= 4 is 16.9 Å². The van der Waals surface area contributed by atoms with E-state index < -0.39 is 0 Å². The van der Waals surface area contributed by atoms with Gasteiger partial charge in [-0.3, -0.25) is 9.36 Å². The summed E-state index contributed by atoms with van der Waals surface area (Å²) < 4.78 is 1.96. The van der Waals surface area contributed by atoms with E-state index in [1.807, 2.05) is 41.0 Å². The molecule has 0 saturated heterocycles. The maximum absolute atomic E-state index is 11.6. The maximum Gasteiger partial charge on any atom is 0.223 e. The fourth-order valence-corrected chi connectivity index (χ4v) is 2.48. The van der Waals surface area contributed by atoms with Crippen LogP contribution in [0.4, 0.5) is 0 Å². The number of fused-ring (bicyclic) bond motifs is 1. The first-order chi connectivity index (χ1) is 10.8. The summed E-state index contributed by atoms with van der Waals surface area (Å²) in [4.78, 5) is 20.5. The lowest BCUT2D eigenvalue weighted by Gasteiger charge is -2.06. The molecule has 0 aliphatic heterocycles. The highest BCUT2D eigenvalue weighted by atomic mass is 16.2. The van der Waals surface area contributed by atoms with E-state index in [1.54, 1.807) is 12.5 Å². The number of nitrogens with one attached hydrogen (secondary N) is 1. The first kappa shape index (κ1) is 13.0. The van der Waals surface area contributed by atoms with E-state index in [-0.39, 0.29) is 11.8 Å². The molecule has 1 aliphatic rings. The van der Waals surface area contributed by atoms with Crippen molar-refractivity contribution in [1.82, 2.24) is 19.9 Å².